The number of para-hydroxylation sites is 3. The van der Waals surface area contributed by atoms with Crippen molar-refractivity contribution in [2.45, 2.75) is 6.54 Å². The average Bonchev–Trinajstić information content (AvgIpc) is 3.05. The van der Waals surface area contributed by atoms with Crippen molar-refractivity contribution in [2.75, 3.05) is 11.1 Å². The quantitative estimate of drug-likeness (QED) is 0.267. The van der Waals surface area contributed by atoms with Crippen LogP contribution in [0.1, 0.15) is 15.9 Å². The van der Waals surface area contributed by atoms with Crippen LogP contribution >= 0.6 is 0 Å². The standard InChI is InChI=1S/C21H17N5O4/c22-15-4-1-2-5-16(15)23-20(27)14-10-8-13(9-11-14)12-25-19-17(24-21(25)28)6-3-7-18(19)26(29)30/h1-11H,12,22H2,(H,23,27)(H,24,28). The van der Waals surface area contributed by atoms with Gasteiger partial charge in [0, 0.05) is 11.6 Å². The topological polar surface area (TPSA) is 136 Å². The summed E-state index contributed by atoms with van der Waals surface area (Å²) in [6, 6.07) is 18.1. The lowest BCUT2D eigenvalue weighted by atomic mass is 10.1. The highest BCUT2D eigenvalue weighted by molar-refractivity contribution is 6.05. The molecule has 0 saturated heterocycles. The van der Waals surface area contributed by atoms with Crippen molar-refractivity contribution in [3.05, 3.63) is 98.5 Å². The molecular formula is C21H17N5O4. The van der Waals surface area contributed by atoms with E-state index >= 15 is 0 Å². The van der Waals surface area contributed by atoms with Gasteiger partial charge in [-0.3, -0.25) is 19.5 Å². The molecule has 0 unspecified atom stereocenters. The Kier molecular flexibility index (Phi) is 4.77. The number of fused-ring (bicyclic) bond motifs is 1. The number of rotatable bonds is 5. The Morgan fingerprint density at radius 1 is 1.07 bits per heavy atom. The number of benzene rings is 3. The Hall–Kier alpha value is -4.40. The van der Waals surface area contributed by atoms with Gasteiger partial charge in [-0.25, -0.2) is 4.79 Å². The Morgan fingerprint density at radius 3 is 2.50 bits per heavy atom. The lowest BCUT2D eigenvalue weighted by Crippen LogP contribution is -2.18. The number of nitro groups is 1. The number of nitrogens with two attached hydrogens (primary N) is 1. The molecule has 9 heteroatoms. The molecule has 0 aliphatic carbocycles. The normalized spacial score (nSPS) is 10.8. The van der Waals surface area contributed by atoms with Gasteiger partial charge in [0.25, 0.3) is 11.6 Å². The van der Waals surface area contributed by atoms with E-state index in [0.29, 0.717) is 28.0 Å². The van der Waals surface area contributed by atoms with Crippen LogP contribution in [-0.4, -0.2) is 20.4 Å². The van der Waals surface area contributed by atoms with Gasteiger partial charge in [-0.15, -0.1) is 0 Å². The largest absolute Gasteiger partial charge is 0.397 e. The van der Waals surface area contributed by atoms with Crippen molar-refractivity contribution in [3.8, 4) is 0 Å². The van der Waals surface area contributed by atoms with Crippen molar-refractivity contribution in [1.82, 2.24) is 9.55 Å². The fourth-order valence-corrected chi connectivity index (χ4v) is 3.25. The van der Waals surface area contributed by atoms with E-state index in [-0.39, 0.29) is 23.7 Å². The van der Waals surface area contributed by atoms with Crippen LogP contribution in [0.4, 0.5) is 17.1 Å². The summed E-state index contributed by atoms with van der Waals surface area (Å²) in [7, 11) is 0. The van der Waals surface area contributed by atoms with Gasteiger partial charge in [-0.05, 0) is 35.9 Å². The molecule has 0 spiro atoms. The number of amides is 1. The number of non-ortho nitro benzene ring substituents is 1. The third kappa shape index (κ3) is 3.51. The molecule has 1 amide bonds. The lowest BCUT2D eigenvalue weighted by Gasteiger charge is -2.09. The third-order valence-electron chi connectivity index (χ3n) is 4.73. The molecule has 1 aromatic heterocycles. The number of hydrogen-bond acceptors (Lipinski definition) is 5. The first-order valence-electron chi connectivity index (χ1n) is 9.05. The minimum Gasteiger partial charge on any atom is -0.397 e. The summed E-state index contributed by atoms with van der Waals surface area (Å²) in [5, 5.41) is 14.1. The molecule has 0 fully saturated rings. The van der Waals surface area contributed by atoms with E-state index in [2.05, 4.69) is 10.3 Å². The maximum Gasteiger partial charge on any atom is 0.326 e. The lowest BCUT2D eigenvalue weighted by molar-refractivity contribution is -0.383. The number of aromatic nitrogens is 2. The zero-order valence-corrected chi connectivity index (χ0v) is 15.7. The number of nitrogens with one attached hydrogen (secondary N) is 2. The van der Waals surface area contributed by atoms with Gasteiger partial charge in [0.05, 0.1) is 28.4 Å². The molecule has 4 rings (SSSR count). The molecule has 3 aromatic carbocycles. The van der Waals surface area contributed by atoms with E-state index in [4.69, 9.17) is 5.73 Å². The number of hydrogen-bond donors (Lipinski definition) is 3. The molecule has 9 nitrogen and oxygen atoms in total. The first kappa shape index (κ1) is 18.9. The number of anilines is 2. The molecule has 0 aliphatic heterocycles. The van der Waals surface area contributed by atoms with Gasteiger partial charge in [0.2, 0.25) is 0 Å². The summed E-state index contributed by atoms with van der Waals surface area (Å²) in [6.45, 7) is 0.122. The zero-order chi connectivity index (χ0) is 21.3. The van der Waals surface area contributed by atoms with Gasteiger partial charge >= 0.3 is 5.69 Å². The second-order valence-corrected chi connectivity index (χ2v) is 6.69. The van der Waals surface area contributed by atoms with Crippen LogP contribution < -0.4 is 16.7 Å². The molecule has 4 aromatic rings. The number of imidazole rings is 1. The Labute approximate surface area is 169 Å². The minimum absolute atomic E-state index is 0.122. The molecule has 0 saturated carbocycles. The highest BCUT2D eigenvalue weighted by atomic mass is 16.6. The third-order valence-corrected chi connectivity index (χ3v) is 4.73. The number of carbonyl (C=O) groups is 1. The van der Waals surface area contributed by atoms with Crippen molar-refractivity contribution >= 4 is 34.0 Å². The van der Waals surface area contributed by atoms with Crippen LogP contribution in [0.15, 0.2) is 71.5 Å². The summed E-state index contributed by atoms with van der Waals surface area (Å²) in [5.41, 5.74) is 7.98. The average molecular weight is 403 g/mol. The molecular weight excluding hydrogens is 386 g/mol. The van der Waals surface area contributed by atoms with Crippen LogP contribution in [0.5, 0.6) is 0 Å². The van der Waals surface area contributed by atoms with Crippen LogP contribution in [0, 0.1) is 10.1 Å². The van der Waals surface area contributed by atoms with Gasteiger partial charge < -0.3 is 16.0 Å². The van der Waals surface area contributed by atoms with Crippen LogP contribution in [0.3, 0.4) is 0 Å². The highest BCUT2D eigenvalue weighted by Gasteiger charge is 2.18. The molecule has 150 valence electrons. The molecule has 4 N–H and O–H groups in total. The first-order valence-corrected chi connectivity index (χ1v) is 9.05. The molecule has 0 atom stereocenters. The van der Waals surface area contributed by atoms with Crippen LogP contribution in [0.2, 0.25) is 0 Å². The predicted molar refractivity (Wildman–Crippen MR) is 114 cm³/mol. The summed E-state index contributed by atoms with van der Waals surface area (Å²) in [6.07, 6.45) is 0. The monoisotopic (exact) mass is 403 g/mol. The minimum atomic E-state index is -0.519. The van der Waals surface area contributed by atoms with Gasteiger partial charge in [0.1, 0.15) is 5.52 Å². The zero-order valence-electron chi connectivity index (χ0n) is 15.7. The van der Waals surface area contributed by atoms with E-state index in [0.717, 1.165) is 0 Å². The summed E-state index contributed by atoms with van der Waals surface area (Å²) in [5.74, 6) is -0.320. The van der Waals surface area contributed by atoms with Crippen LogP contribution in [-0.2, 0) is 6.54 Å². The maximum atomic E-state index is 12.4. The number of H-pyrrole nitrogens is 1. The summed E-state index contributed by atoms with van der Waals surface area (Å²) < 4.78 is 1.31. The summed E-state index contributed by atoms with van der Waals surface area (Å²) in [4.78, 5) is 38.2. The van der Waals surface area contributed by atoms with Crippen molar-refractivity contribution in [3.63, 3.8) is 0 Å². The first-order chi connectivity index (χ1) is 14.4. The van der Waals surface area contributed by atoms with Crippen LogP contribution in [0.25, 0.3) is 11.0 Å². The number of carbonyl (C=O) groups excluding carboxylic acids is 1. The van der Waals surface area contributed by atoms with E-state index in [1.165, 1.54) is 16.7 Å². The van der Waals surface area contributed by atoms with E-state index in [1.807, 2.05) is 0 Å². The molecule has 1 heterocycles. The van der Waals surface area contributed by atoms with E-state index in [9.17, 15) is 19.7 Å². The SMILES string of the molecule is Nc1ccccc1NC(=O)c1ccc(Cn2c(=O)[nH]c3cccc([N+](=O)[O-])c32)cc1. The van der Waals surface area contributed by atoms with Crippen molar-refractivity contribution < 1.29 is 9.72 Å². The highest BCUT2D eigenvalue weighted by Crippen LogP contribution is 2.24. The molecule has 0 aliphatic rings. The van der Waals surface area contributed by atoms with E-state index < -0.39 is 10.6 Å². The van der Waals surface area contributed by atoms with E-state index in [1.54, 1.807) is 54.6 Å². The molecule has 30 heavy (non-hydrogen) atoms. The Bertz CT molecular complexity index is 1320. The molecule has 0 bridgehead atoms. The smallest absolute Gasteiger partial charge is 0.326 e. The molecule has 0 radical (unpaired) electrons. The van der Waals surface area contributed by atoms with Gasteiger partial charge in [-0.2, -0.15) is 0 Å². The Balaban J connectivity index is 1.59. The van der Waals surface area contributed by atoms with Crippen molar-refractivity contribution in [1.29, 1.82) is 0 Å². The fraction of sp³-hybridized carbons (Fsp3) is 0.0476. The predicted octanol–water partition coefficient (Wildman–Crippen LogP) is 3.12. The van der Waals surface area contributed by atoms with Crippen molar-refractivity contribution in [2.24, 2.45) is 0 Å². The second kappa shape index (κ2) is 7.55. The van der Waals surface area contributed by atoms with Gasteiger partial charge in [0.15, 0.2) is 0 Å². The number of nitrogen functional groups attached to an aromatic ring is 1. The fourth-order valence-electron chi connectivity index (χ4n) is 3.25. The number of nitro benzene ring substituents is 1. The number of aromatic amines is 1. The number of nitrogens with zero attached hydrogens (tertiary/aromatic N) is 2. The second-order valence-electron chi connectivity index (χ2n) is 6.69. The Morgan fingerprint density at radius 2 is 1.80 bits per heavy atom. The van der Waals surface area contributed by atoms with Gasteiger partial charge in [-0.1, -0.05) is 30.3 Å². The summed E-state index contributed by atoms with van der Waals surface area (Å²) >= 11 is 0. The maximum absolute atomic E-state index is 12.4.